The van der Waals surface area contributed by atoms with Gasteiger partial charge in [-0.3, -0.25) is 4.99 Å². The number of rotatable bonds is 4. The zero-order valence-corrected chi connectivity index (χ0v) is 15.1. The van der Waals surface area contributed by atoms with Crippen LogP contribution in [0.1, 0.15) is 5.56 Å². The summed E-state index contributed by atoms with van der Waals surface area (Å²) in [6, 6.07) is 2.12. The molecule has 0 aromatic carbocycles. The van der Waals surface area contributed by atoms with Crippen LogP contribution < -0.4 is 10.6 Å². The van der Waals surface area contributed by atoms with E-state index in [1.807, 2.05) is 0 Å². The molecular weight excluding hydrogens is 387 g/mol. The zero-order chi connectivity index (χ0) is 13.5. The molecule has 1 atom stereocenters. The number of nitrogens with zero attached hydrogens (tertiary/aromatic N) is 2. The number of ether oxygens (including phenoxy) is 1. The third-order valence-corrected chi connectivity index (χ3v) is 3.83. The van der Waals surface area contributed by atoms with Gasteiger partial charge in [-0.05, 0) is 29.4 Å². The summed E-state index contributed by atoms with van der Waals surface area (Å²) >= 11 is 1.71. The molecule has 1 fully saturated rings. The molecular formula is C13H23IN4OS. The zero-order valence-electron chi connectivity index (χ0n) is 12.0. The van der Waals surface area contributed by atoms with Gasteiger partial charge < -0.3 is 20.3 Å². The lowest BCUT2D eigenvalue weighted by molar-refractivity contribution is -0.0161. The first-order valence-corrected chi connectivity index (χ1v) is 7.48. The van der Waals surface area contributed by atoms with E-state index >= 15 is 0 Å². The van der Waals surface area contributed by atoms with Crippen molar-refractivity contribution in [2.75, 3.05) is 40.3 Å². The molecule has 5 nitrogen and oxygen atoms in total. The molecule has 20 heavy (non-hydrogen) atoms. The third-order valence-electron chi connectivity index (χ3n) is 3.10. The average Bonchev–Trinajstić information content (AvgIpc) is 2.92. The third kappa shape index (κ3) is 5.94. The fourth-order valence-electron chi connectivity index (χ4n) is 2.00. The van der Waals surface area contributed by atoms with Gasteiger partial charge in [-0.1, -0.05) is 0 Å². The molecule has 1 aliphatic heterocycles. The van der Waals surface area contributed by atoms with E-state index in [1.165, 1.54) is 5.56 Å². The van der Waals surface area contributed by atoms with E-state index in [9.17, 15) is 0 Å². The monoisotopic (exact) mass is 410 g/mol. The highest BCUT2D eigenvalue weighted by molar-refractivity contribution is 14.0. The maximum Gasteiger partial charge on any atom is 0.191 e. The van der Waals surface area contributed by atoms with Crippen LogP contribution in [0.3, 0.4) is 0 Å². The number of aliphatic imine (C=N–C) groups is 1. The Hall–Kier alpha value is -0.380. The molecule has 0 bridgehead atoms. The van der Waals surface area contributed by atoms with Gasteiger partial charge in [0.15, 0.2) is 5.96 Å². The molecule has 0 amide bonds. The number of hydrogen-bond donors (Lipinski definition) is 2. The molecule has 114 valence electrons. The van der Waals surface area contributed by atoms with Crippen molar-refractivity contribution in [1.29, 1.82) is 0 Å². The van der Waals surface area contributed by atoms with Crippen LogP contribution in [-0.4, -0.2) is 57.3 Å². The molecule has 1 aromatic heterocycles. The topological polar surface area (TPSA) is 48.9 Å². The predicted molar refractivity (Wildman–Crippen MR) is 95.2 cm³/mol. The quantitative estimate of drug-likeness (QED) is 0.447. The van der Waals surface area contributed by atoms with Gasteiger partial charge in [-0.15, -0.1) is 24.0 Å². The lowest BCUT2D eigenvalue weighted by Crippen LogP contribution is -2.48. The Kier molecular flexibility index (Phi) is 8.43. The molecule has 1 saturated heterocycles. The van der Waals surface area contributed by atoms with Gasteiger partial charge in [0.1, 0.15) is 0 Å². The number of thiophene rings is 1. The minimum absolute atomic E-state index is 0. The summed E-state index contributed by atoms with van der Waals surface area (Å²) in [4.78, 5) is 6.51. The molecule has 1 unspecified atom stereocenters. The second-order valence-corrected chi connectivity index (χ2v) is 5.47. The highest BCUT2D eigenvalue weighted by atomic mass is 127. The maximum atomic E-state index is 5.71. The molecule has 2 heterocycles. The van der Waals surface area contributed by atoms with Crippen molar-refractivity contribution in [3.05, 3.63) is 22.4 Å². The summed E-state index contributed by atoms with van der Waals surface area (Å²) in [5, 5.41) is 10.8. The SMILES string of the molecule is CN=C(NCc1ccsc1)NCC1CN(C)CCO1.I. The largest absolute Gasteiger partial charge is 0.374 e. The van der Waals surface area contributed by atoms with Crippen LogP contribution in [0.2, 0.25) is 0 Å². The van der Waals surface area contributed by atoms with E-state index in [-0.39, 0.29) is 30.1 Å². The van der Waals surface area contributed by atoms with Crippen LogP contribution in [-0.2, 0) is 11.3 Å². The van der Waals surface area contributed by atoms with Gasteiger partial charge in [0.05, 0.1) is 12.7 Å². The Morgan fingerprint density at radius 2 is 2.40 bits per heavy atom. The number of hydrogen-bond acceptors (Lipinski definition) is 4. The number of morpholine rings is 1. The van der Waals surface area contributed by atoms with Crippen LogP contribution in [0.15, 0.2) is 21.8 Å². The van der Waals surface area contributed by atoms with Gasteiger partial charge in [-0.25, -0.2) is 0 Å². The Labute approximate surface area is 141 Å². The summed E-state index contributed by atoms with van der Waals surface area (Å²) in [6.07, 6.45) is 0.235. The molecule has 1 aromatic rings. The number of likely N-dealkylation sites (N-methyl/N-ethyl adjacent to an activating group) is 1. The smallest absolute Gasteiger partial charge is 0.191 e. The van der Waals surface area contributed by atoms with Gasteiger partial charge in [0, 0.05) is 33.2 Å². The van der Waals surface area contributed by atoms with Crippen molar-refractivity contribution < 1.29 is 4.74 Å². The van der Waals surface area contributed by atoms with Crippen LogP contribution in [0.5, 0.6) is 0 Å². The molecule has 2 N–H and O–H groups in total. The van der Waals surface area contributed by atoms with E-state index in [1.54, 1.807) is 18.4 Å². The molecule has 1 aliphatic rings. The first-order chi connectivity index (χ1) is 9.28. The fraction of sp³-hybridized carbons (Fsp3) is 0.615. The Balaban J connectivity index is 0.00000200. The molecule has 0 spiro atoms. The van der Waals surface area contributed by atoms with Crippen LogP contribution in [0.4, 0.5) is 0 Å². The maximum absolute atomic E-state index is 5.71. The van der Waals surface area contributed by atoms with Crippen molar-refractivity contribution in [1.82, 2.24) is 15.5 Å². The number of halogens is 1. The van der Waals surface area contributed by atoms with Gasteiger partial charge in [0.25, 0.3) is 0 Å². The molecule has 0 aliphatic carbocycles. The fourth-order valence-corrected chi connectivity index (χ4v) is 2.67. The van der Waals surface area contributed by atoms with E-state index < -0.39 is 0 Å². The summed E-state index contributed by atoms with van der Waals surface area (Å²) < 4.78 is 5.71. The van der Waals surface area contributed by atoms with Crippen molar-refractivity contribution in [3.8, 4) is 0 Å². The lowest BCUT2D eigenvalue weighted by atomic mass is 10.3. The molecule has 7 heteroatoms. The normalized spacial score (nSPS) is 20.3. The first kappa shape index (κ1) is 17.7. The van der Waals surface area contributed by atoms with Gasteiger partial charge in [0.2, 0.25) is 0 Å². The Morgan fingerprint density at radius 1 is 1.55 bits per heavy atom. The Morgan fingerprint density at radius 3 is 3.05 bits per heavy atom. The average molecular weight is 410 g/mol. The molecule has 0 saturated carbocycles. The second-order valence-electron chi connectivity index (χ2n) is 4.69. The predicted octanol–water partition coefficient (Wildman–Crippen LogP) is 1.36. The summed E-state index contributed by atoms with van der Waals surface area (Å²) in [5.74, 6) is 0.822. The standard InChI is InChI=1S/C13H22N4OS.HI/c1-14-13(15-7-11-3-6-19-10-11)16-8-12-9-17(2)4-5-18-12;/h3,6,10,12H,4-5,7-9H2,1-2H3,(H2,14,15,16);1H. The van der Waals surface area contributed by atoms with Crippen LogP contribution >= 0.6 is 35.3 Å². The minimum Gasteiger partial charge on any atom is -0.374 e. The van der Waals surface area contributed by atoms with Crippen molar-refractivity contribution in [3.63, 3.8) is 0 Å². The summed E-state index contributed by atoms with van der Waals surface area (Å²) in [6.45, 7) is 4.38. The first-order valence-electron chi connectivity index (χ1n) is 6.53. The highest BCUT2D eigenvalue weighted by Crippen LogP contribution is 2.05. The van der Waals surface area contributed by atoms with Crippen molar-refractivity contribution in [2.24, 2.45) is 4.99 Å². The van der Waals surface area contributed by atoms with Crippen molar-refractivity contribution in [2.45, 2.75) is 12.6 Å². The van der Waals surface area contributed by atoms with E-state index in [0.717, 1.165) is 38.7 Å². The van der Waals surface area contributed by atoms with E-state index in [2.05, 4.69) is 44.4 Å². The number of guanidine groups is 1. The Bertz CT molecular complexity index is 399. The van der Waals surface area contributed by atoms with Crippen molar-refractivity contribution >= 4 is 41.3 Å². The lowest BCUT2D eigenvalue weighted by Gasteiger charge is -2.30. The van der Waals surface area contributed by atoms with Gasteiger partial charge in [-0.2, -0.15) is 11.3 Å². The van der Waals surface area contributed by atoms with E-state index in [0.29, 0.717) is 0 Å². The molecule has 2 rings (SSSR count). The highest BCUT2D eigenvalue weighted by Gasteiger charge is 2.17. The van der Waals surface area contributed by atoms with Gasteiger partial charge >= 0.3 is 0 Å². The second kappa shape index (κ2) is 9.54. The summed E-state index contributed by atoms with van der Waals surface area (Å²) in [5.41, 5.74) is 1.28. The number of nitrogens with one attached hydrogen (secondary N) is 2. The minimum atomic E-state index is 0. The van der Waals surface area contributed by atoms with Crippen LogP contribution in [0, 0.1) is 0 Å². The summed E-state index contributed by atoms with van der Waals surface area (Å²) in [7, 11) is 3.91. The molecule has 0 radical (unpaired) electrons. The van der Waals surface area contributed by atoms with Crippen LogP contribution in [0.25, 0.3) is 0 Å². The van der Waals surface area contributed by atoms with E-state index in [4.69, 9.17) is 4.74 Å².